The van der Waals surface area contributed by atoms with Gasteiger partial charge in [-0.2, -0.15) is 4.98 Å². The van der Waals surface area contributed by atoms with Gasteiger partial charge in [-0.1, -0.05) is 6.07 Å². The van der Waals surface area contributed by atoms with Crippen LogP contribution in [0.4, 0.5) is 17.3 Å². The van der Waals surface area contributed by atoms with Gasteiger partial charge in [0.1, 0.15) is 5.69 Å². The summed E-state index contributed by atoms with van der Waals surface area (Å²) in [4.78, 5) is 18.9. The third kappa shape index (κ3) is 3.85. The molecule has 1 aromatic carbocycles. The molecule has 8 heteroatoms. The van der Waals surface area contributed by atoms with E-state index in [-0.39, 0.29) is 23.1 Å². The third-order valence-electron chi connectivity index (χ3n) is 2.98. The average Bonchev–Trinajstić information content (AvgIpc) is 2.45. The van der Waals surface area contributed by atoms with Crippen LogP contribution in [-0.4, -0.2) is 27.5 Å². The Labute approximate surface area is 133 Å². The molecule has 0 saturated carbocycles. The number of methoxy groups -OCH3 is 1. The summed E-state index contributed by atoms with van der Waals surface area (Å²) in [5, 5.41) is 14.5. The first-order chi connectivity index (χ1) is 10.7. The van der Waals surface area contributed by atoms with Crippen molar-refractivity contribution in [3.05, 3.63) is 34.5 Å². The van der Waals surface area contributed by atoms with Gasteiger partial charge < -0.3 is 15.8 Å². The maximum absolute atomic E-state index is 11.4. The molecular weight excluding hydrogens is 298 g/mol. The number of anilines is 2. The van der Waals surface area contributed by atoms with Crippen LogP contribution in [0.15, 0.2) is 24.4 Å². The van der Waals surface area contributed by atoms with Gasteiger partial charge in [0.25, 0.3) is 5.69 Å². The number of nitrogen functional groups attached to an aromatic ring is 1. The van der Waals surface area contributed by atoms with Crippen LogP contribution in [0.25, 0.3) is 11.1 Å². The summed E-state index contributed by atoms with van der Waals surface area (Å²) in [5.41, 5.74) is 6.76. The number of rotatable bonds is 4. The zero-order valence-corrected chi connectivity index (χ0v) is 13.5. The number of nitrogens with two attached hydrogens (primary N) is 1. The van der Waals surface area contributed by atoms with E-state index in [9.17, 15) is 10.1 Å². The molecule has 0 fully saturated rings. The Kier molecular flexibility index (Phi) is 4.35. The summed E-state index contributed by atoms with van der Waals surface area (Å²) in [7, 11) is 1.45. The minimum absolute atomic E-state index is 0.0312. The molecular formula is C15H19N5O3. The SMILES string of the molecule is COc1nc(N)ncc1-c1ccc(NC(C)(C)C)c([N+](=O)[O-])c1. The van der Waals surface area contributed by atoms with E-state index in [4.69, 9.17) is 10.5 Å². The molecule has 0 unspecified atom stereocenters. The molecule has 0 amide bonds. The Morgan fingerprint density at radius 3 is 2.61 bits per heavy atom. The van der Waals surface area contributed by atoms with E-state index in [2.05, 4.69) is 15.3 Å². The lowest BCUT2D eigenvalue weighted by molar-refractivity contribution is -0.383. The molecule has 3 N–H and O–H groups in total. The molecule has 0 aliphatic heterocycles. The van der Waals surface area contributed by atoms with E-state index < -0.39 is 4.92 Å². The van der Waals surface area contributed by atoms with E-state index >= 15 is 0 Å². The summed E-state index contributed by atoms with van der Waals surface area (Å²) < 4.78 is 5.18. The van der Waals surface area contributed by atoms with Crippen molar-refractivity contribution in [3.63, 3.8) is 0 Å². The van der Waals surface area contributed by atoms with Gasteiger partial charge in [0, 0.05) is 17.8 Å². The van der Waals surface area contributed by atoms with Gasteiger partial charge in [-0.3, -0.25) is 10.1 Å². The van der Waals surface area contributed by atoms with Crippen molar-refractivity contribution in [2.45, 2.75) is 26.3 Å². The number of nitrogens with zero attached hydrogens (tertiary/aromatic N) is 3. The lowest BCUT2D eigenvalue weighted by Crippen LogP contribution is -2.26. The normalized spacial score (nSPS) is 11.1. The Balaban J connectivity index is 2.54. The van der Waals surface area contributed by atoms with E-state index in [0.29, 0.717) is 16.8 Å². The predicted octanol–water partition coefficient (Wildman–Crippen LogP) is 2.85. The second kappa shape index (κ2) is 6.07. The number of nitro groups is 1. The van der Waals surface area contributed by atoms with Gasteiger partial charge in [-0.15, -0.1) is 0 Å². The molecule has 0 radical (unpaired) electrons. The Morgan fingerprint density at radius 2 is 2.04 bits per heavy atom. The monoisotopic (exact) mass is 317 g/mol. The van der Waals surface area contributed by atoms with E-state index in [1.165, 1.54) is 19.4 Å². The minimum atomic E-state index is -0.428. The molecule has 1 aromatic heterocycles. The van der Waals surface area contributed by atoms with Crippen molar-refractivity contribution in [3.8, 4) is 17.0 Å². The lowest BCUT2D eigenvalue weighted by Gasteiger charge is -2.22. The summed E-state index contributed by atoms with van der Waals surface area (Å²) >= 11 is 0. The van der Waals surface area contributed by atoms with E-state index in [1.807, 2.05) is 20.8 Å². The number of nitrogens with one attached hydrogen (secondary N) is 1. The average molecular weight is 317 g/mol. The Bertz CT molecular complexity index is 740. The first-order valence-corrected chi connectivity index (χ1v) is 6.95. The number of hydrogen-bond acceptors (Lipinski definition) is 7. The van der Waals surface area contributed by atoms with Gasteiger partial charge in [-0.25, -0.2) is 4.98 Å². The zero-order chi connectivity index (χ0) is 17.2. The van der Waals surface area contributed by atoms with Gasteiger partial charge >= 0.3 is 0 Å². The van der Waals surface area contributed by atoms with Crippen LogP contribution in [0.5, 0.6) is 5.88 Å². The molecule has 0 spiro atoms. The van der Waals surface area contributed by atoms with Crippen LogP contribution in [-0.2, 0) is 0 Å². The lowest BCUT2D eigenvalue weighted by atomic mass is 10.0. The van der Waals surface area contributed by atoms with Crippen molar-refractivity contribution in [1.82, 2.24) is 9.97 Å². The van der Waals surface area contributed by atoms with Crippen molar-refractivity contribution < 1.29 is 9.66 Å². The molecule has 0 atom stereocenters. The highest BCUT2D eigenvalue weighted by atomic mass is 16.6. The second-order valence-electron chi connectivity index (χ2n) is 6.02. The van der Waals surface area contributed by atoms with Crippen molar-refractivity contribution in [2.75, 3.05) is 18.2 Å². The molecule has 0 aliphatic rings. The van der Waals surface area contributed by atoms with Gasteiger partial charge in [0.15, 0.2) is 0 Å². The number of aromatic nitrogens is 2. The molecule has 122 valence electrons. The van der Waals surface area contributed by atoms with Crippen LogP contribution in [0.1, 0.15) is 20.8 Å². The molecule has 23 heavy (non-hydrogen) atoms. The molecule has 2 rings (SSSR count). The highest BCUT2D eigenvalue weighted by Crippen LogP contribution is 2.35. The van der Waals surface area contributed by atoms with Crippen molar-refractivity contribution in [2.24, 2.45) is 0 Å². The van der Waals surface area contributed by atoms with Gasteiger partial charge in [-0.05, 0) is 32.4 Å². The highest BCUT2D eigenvalue weighted by Gasteiger charge is 2.21. The van der Waals surface area contributed by atoms with Gasteiger partial charge in [0.2, 0.25) is 11.8 Å². The molecule has 8 nitrogen and oxygen atoms in total. The number of hydrogen-bond donors (Lipinski definition) is 2. The summed E-state index contributed by atoms with van der Waals surface area (Å²) in [6, 6.07) is 4.87. The zero-order valence-electron chi connectivity index (χ0n) is 13.5. The number of ether oxygens (including phenoxy) is 1. The van der Waals surface area contributed by atoms with Gasteiger partial charge in [0.05, 0.1) is 17.6 Å². The topological polar surface area (TPSA) is 116 Å². The minimum Gasteiger partial charge on any atom is -0.480 e. The molecule has 0 saturated heterocycles. The van der Waals surface area contributed by atoms with E-state index in [1.54, 1.807) is 12.1 Å². The molecule has 2 aromatic rings. The van der Waals surface area contributed by atoms with Crippen LogP contribution < -0.4 is 15.8 Å². The summed E-state index contributed by atoms with van der Waals surface area (Å²) in [6.45, 7) is 5.80. The fourth-order valence-electron chi connectivity index (χ4n) is 2.09. The first-order valence-electron chi connectivity index (χ1n) is 6.95. The van der Waals surface area contributed by atoms with Crippen molar-refractivity contribution >= 4 is 17.3 Å². The molecule has 0 bridgehead atoms. The Morgan fingerprint density at radius 1 is 1.35 bits per heavy atom. The maximum Gasteiger partial charge on any atom is 0.292 e. The number of benzene rings is 1. The summed E-state index contributed by atoms with van der Waals surface area (Å²) in [6.07, 6.45) is 1.48. The highest BCUT2D eigenvalue weighted by molar-refractivity contribution is 5.76. The van der Waals surface area contributed by atoms with E-state index in [0.717, 1.165) is 0 Å². The van der Waals surface area contributed by atoms with Crippen LogP contribution in [0, 0.1) is 10.1 Å². The standard InChI is InChI=1S/C15H19N5O3/c1-15(2,3)19-11-6-5-9(7-12(11)20(21)22)10-8-17-14(16)18-13(10)23-4/h5-8,19H,1-4H3,(H2,16,17,18). The fraction of sp³-hybridized carbons (Fsp3) is 0.333. The van der Waals surface area contributed by atoms with Crippen LogP contribution in [0.2, 0.25) is 0 Å². The quantitative estimate of drug-likeness (QED) is 0.657. The third-order valence-corrected chi connectivity index (χ3v) is 2.98. The predicted molar refractivity (Wildman–Crippen MR) is 88.5 cm³/mol. The largest absolute Gasteiger partial charge is 0.480 e. The van der Waals surface area contributed by atoms with Crippen LogP contribution in [0.3, 0.4) is 0 Å². The first kappa shape index (κ1) is 16.5. The fourth-order valence-corrected chi connectivity index (χ4v) is 2.09. The van der Waals surface area contributed by atoms with Crippen LogP contribution >= 0.6 is 0 Å². The number of nitro benzene ring substituents is 1. The summed E-state index contributed by atoms with van der Waals surface area (Å²) in [5.74, 6) is 0.342. The molecule has 1 heterocycles. The second-order valence-corrected chi connectivity index (χ2v) is 6.02. The maximum atomic E-state index is 11.4. The Hall–Kier alpha value is -2.90. The smallest absolute Gasteiger partial charge is 0.292 e. The van der Waals surface area contributed by atoms with Crippen molar-refractivity contribution in [1.29, 1.82) is 0 Å². The molecule has 0 aliphatic carbocycles.